The SMILES string of the molecule is CNC(=O)C(C)NCC(O)c1ccc(OC)cc1. The molecule has 1 aromatic rings. The molecule has 0 saturated heterocycles. The number of ether oxygens (including phenoxy) is 1. The van der Waals surface area contributed by atoms with Gasteiger partial charge >= 0.3 is 0 Å². The van der Waals surface area contributed by atoms with Gasteiger partial charge in [0.25, 0.3) is 0 Å². The predicted molar refractivity (Wildman–Crippen MR) is 69.5 cm³/mol. The molecule has 1 rings (SSSR count). The number of likely N-dealkylation sites (N-methyl/N-ethyl adjacent to an activating group) is 1. The van der Waals surface area contributed by atoms with Crippen LogP contribution in [0.4, 0.5) is 0 Å². The van der Waals surface area contributed by atoms with E-state index in [-0.39, 0.29) is 11.9 Å². The van der Waals surface area contributed by atoms with E-state index in [9.17, 15) is 9.90 Å². The van der Waals surface area contributed by atoms with Crippen molar-refractivity contribution in [1.82, 2.24) is 10.6 Å². The van der Waals surface area contributed by atoms with Gasteiger partial charge in [-0.05, 0) is 24.6 Å². The average Bonchev–Trinajstić information content (AvgIpc) is 2.43. The summed E-state index contributed by atoms with van der Waals surface area (Å²) in [4.78, 5) is 11.3. The third-order valence-corrected chi connectivity index (χ3v) is 2.76. The highest BCUT2D eigenvalue weighted by Crippen LogP contribution is 2.16. The maximum Gasteiger partial charge on any atom is 0.236 e. The summed E-state index contributed by atoms with van der Waals surface area (Å²) in [6.45, 7) is 2.07. The fourth-order valence-corrected chi connectivity index (χ4v) is 1.54. The predicted octanol–water partition coefficient (Wildman–Crippen LogP) is 0.453. The van der Waals surface area contributed by atoms with E-state index in [1.165, 1.54) is 0 Å². The van der Waals surface area contributed by atoms with Crippen LogP contribution in [0.5, 0.6) is 5.75 Å². The number of amides is 1. The Morgan fingerprint density at radius 1 is 1.39 bits per heavy atom. The maximum absolute atomic E-state index is 11.3. The molecule has 2 unspecified atom stereocenters. The van der Waals surface area contributed by atoms with Gasteiger partial charge in [-0.2, -0.15) is 0 Å². The summed E-state index contributed by atoms with van der Waals surface area (Å²) in [5.74, 6) is 0.648. The van der Waals surface area contributed by atoms with Gasteiger partial charge in [0, 0.05) is 13.6 Å². The molecule has 1 aromatic carbocycles. The Morgan fingerprint density at radius 3 is 2.50 bits per heavy atom. The zero-order valence-corrected chi connectivity index (χ0v) is 10.9. The fraction of sp³-hybridized carbons (Fsp3) is 0.462. The molecule has 0 radical (unpaired) electrons. The average molecular weight is 252 g/mol. The van der Waals surface area contributed by atoms with Crippen molar-refractivity contribution < 1.29 is 14.6 Å². The van der Waals surface area contributed by atoms with E-state index in [4.69, 9.17) is 4.74 Å². The third-order valence-electron chi connectivity index (χ3n) is 2.76. The van der Waals surface area contributed by atoms with E-state index in [1.807, 2.05) is 0 Å². The lowest BCUT2D eigenvalue weighted by molar-refractivity contribution is -0.122. The molecule has 3 N–H and O–H groups in total. The fourth-order valence-electron chi connectivity index (χ4n) is 1.54. The molecule has 0 aliphatic rings. The molecule has 2 atom stereocenters. The van der Waals surface area contributed by atoms with Gasteiger partial charge in [-0.1, -0.05) is 12.1 Å². The molecular weight excluding hydrogens is 232 g/mol. The van der Waals surface area contributed by atoms with Gasteiger partial charge < -0.3 is 20.5 Å². The monoisotopic (exact) mass is 252 g/mol. The molecule has 0 aliphatic carbocycles. The molecule has 18 heavy (non-hydrogen) atoms. The second-order valence-corrected chi connectivity index (χ2v) is 4.03. The minimum atomic E-state index is -0.650. The second kappa shape index (κ2) is 6.98. The van der Waals surface area contributed by atoms with Gasteiger partial charge in [0.05, 0.1) is 19.3 Å². The van der Waals surface area contributed by atoms with Crippen molar-refractivity contribution in [3.63, 3.8) is 0 Å². The molecule has 1 amide bonds. The smallest absolute Gasteiger partial charge is 0.236 e. The molecule has 5 heteroatoms. The van der Waals surface area contributed by atoms with E-state index < -0.39 is 6.10 Å². The minimum absolute atomic E-state index is 0.100. The van der Waals surface area contributed by atoms with Crippen molar-refractivity contribution in [3.05, 3.63) is 29.8 Å². The van der Waals surface area contributed by atoms with Crippen molar-refractivity contribution in [2.24, 2.45) is 0 Å². The van der Waals surface area contributed by atoms with Crippen LogP contribution < -0.4 is 15.4 Å². The largest absolute Gasteiger partial charge is 0.497 e. The van der Waals surface area contributed by atoms with Crippen LogP contribution in [0.2, 0.25) is 0 Å². The van der Waals surface area contributed by atoms with Crippen LogP contribution in [0.1, 0.15) is 18.6 Å². The van der Waals surface area contributed by atoms with E-state index in [1.54, 1.807) is 45.3 Å². The van der Waals surface area contributed by atoms with Crippen molar-refractivity contribution in [2.75, 3.05) is 20.7 Å². The first-order valence-corrected chi connectivity index (χ1v) is 5.85. The summed E-state index contributed by atoms with van der Waals surface area (Å²) in [6.07, 6.45) is -0.650. The molecule has 5 nitrogen and oxygen atoms in total. The highest BCUT2D eigenvalue weighted by Gasteiger charge is 2.13. The van der Waals surface area contributed by atoms with Crippen LogP contribution in [0.25, 0.3) is 0 Å². The summed E-state index contributed by atoms with van der Waals surface area (Å²) < 4.78 is 5.04. The minimum Gasteiger partial charge on any atom is -0.497 e. The van der Waals surface area contributed by atoms with Gasteiger partial charge in [0.15, 0.2) is 0 Å². The Kier molecular flexibility index (Phi) is 5.61. The zero-order valence-electron chi connectivity index (χ0n) is 10.9. The van der Waals surface area contributed by atoms with E-state index in [2.05, 4.69) is 10.6 Å². The molecule has 0 aliphatic heterocycles. The first-order chi connectivity index (χ1) is 8.58. The molecular formula is C13H20N2O3. The number of hydrogen-bond donors (Lipinski definition) is 3. The van der Waals surface area contributed by atoms with Crippen molar-refractivity contribution in [2.45, 2.75) is 19.1 Å². The number of aliphatic hydroxyl groups is 1. The van der Waals surface area contributed by atoms with E-state index >= 15 is 0 Å². The van der Waals surface area contributed by atoms with Gasteiger partial charge in [-0.15, -0.1) is 0 Å². The van der Waals surface area contributed by atoms with Gasteiger partial charge in [0.2, 0.25) is 5.91 Å². The number of carbonyl (C=O) groups excluding carboxylic acids is 1. The summed E-state index contributed by atoms with van der Waals surface area (Å²) in [5.41, 5.74) is 0.785. The Balaban J connectivity index is 2.49. The highest BCUT2D eigenvalue weighted by atomic mass is 16.5. The Hall–Kier alpha value is -1.59. The Labute approximate surface area is 107 Å². The number of aliphatic hydroxyl groups excluding tert-OH is 1. The lowest BCUT2D eigenvalue weighted by atomic mass is 10.1. The molecule has 100 valence electrons. The second-order valence-electron chi connectivity index (χ2n) is 4.03. The first kappa shape index (κ1) is 14.5. The molecule has 0 heterocycles. The Bertz CT molecular complexity index is 378. The molecule has 0 spiro atoms. The number of nitrogens with one attached hydrogen (secondary N) is 2. The normalized spacial score (nSPS) is 13.8. The van der Waals surface area contributed by atoms with Crippen LogP contribution >= 0.6 is 0 Å². The van der Waals surface area contributed by atoms with Gasteiger partial charge in [-0.3, -0.25) is 4.79 Å². The number of methoxy groups -OCH3 is 1. The van der Waals surface area contributed by atoms with Crippen molar-refractivity contribution in [3.8, 4) is 5.75 Å². The summed E-state index contributed by atoms with van der Waals surface area (Å²) in [6, 6.07) is 6.86. The molecule has 0 aromatic heterocycles. The quantitative estimate of drug-likeness (QED) is 0.687. The molecule has 0 bridgehead atoms. The third kappa shape index (κ3) is 4.01. The summed E-state index contributed by atoms with van der Waals surface area (Å²) in [5, 5.41) is 15.5. The van der Waals surface area contributed by atoms with Crippen molar-refractivity contribution in [1.29, 1.82) is 0 Å². The summed E-state index contributed by atoms with van der Waals surface area (Å²) >= 11 is 0. The van der Waals surface area contributed by atoms with E-state index in [0.29, 0.717) is 6.54 Å². The van der Waals surface area contributed by atoms with Gasteiger partial charge in [-0.25, -0.2) is 0 Å². The van der Waals surface area contributed by atoms with Crippen LogP contribution in [0.3, 0.4) is 0 Å². The standard InChI is InChI=1S/C13H20N2O3/c1-9(13(17)14-2)15-8-12(16)10-4-6-11(18-3)7-5-10/h4-7,9,12,15-16H,8H2,1-3H3,(H,14,17). The first-order valence-electron chi connectivity index (χ1n) is 5.85. The summed E-state index contributed by atoms with van der Waals surface area (Å²) in [7, 11) is 3.18. The maximum atomic E-state index is 11.3. The molecule has 0 fully saturated rings. The van der Waals surface area contributed by atoms with Crippen molar-refractivity contribution >= 4 is 5.91 Å². The van der Waals surface area contributed by atoms with Crippen LogP contribution in [0, 0.1) is 0 Å². The highest BCUT2D eigenvalue weighted by molar-refractivity contribution is 5.80. The van der Waals surface area contributed by atoms with Gasteiger partial charge in [0.1, 0.15) is 5.75 Å². The zero-order chi connectivity index (χ0) is 13.5. The Morgan fingerprint density at radius 2 is 2.00 bits per heavy atom. The topological polar surface area (TPSA) is 70.6 Å². The van der Waals surface area contributed by atoms with E-state index in [0.717, 1.165) is 11.3 Å². The number of hydrogen-bond acceptors (Lipinski definition) is 4. The van der Waals surface area contributed by atoms with Crippen LogP contribution in [0.15, 0.2) is 24.3 Å². The number of benzene rings is 1. The number of carbonyl (C=O) groups is 1. The van der Waals surface area contributed by atoms with Crippen LogP contribution in [-0.4, -0.2) is 37.8 Å². The molecule has 0 saturated carbocycles. The lowest BCUT2D eigenvalue weighted by Gasteiger charge is -2.16. The number of rotatable bonds is 6. The lowest BCUT2D eigenvalue weighted by Crippen LogP contribution is -2.42. The van der Waals surface area contributed by atoms with Crippen LogP contribution in [-0.2, 0) is 4.79 Å².